The Balaban J connectivity index is 3.09. The SMILES string of the molecule is Cc1cc(C(=O)CCN)c(F)cc1F. The van der Waals surface area contributed by atoms with Gasteiger partial charge in [-0.15, -0.1) is 0 Å². The van der Waals surface area contributed by atoms with Gasteiger partial charge in [0.05, 0.1) is 5.56 Å². The average molecular weight is 199 g/mol. The van der Waals surface area contributed by atoms with Gasteiger partial charge in [-0.05, 0) is 25.1 Å². The third kappa shape index (κ3) is 2.14. The summed E-state index contributed by atoms with van der Waals surface area (Å²) in [6.45, 7) is 1.64. The first-order valence-electron chi connectivity index (χ1n) is 4.25. The zero-order chi connectivity index (χ0) is 10.7. The van der Waals surface area contributed by atoms with Crippen molar-refractivity contribution in [1.29, 1.82) is 0 Å². The maximum Gasteiger partial charge on any atom is 0.167 e. The summed E-state index contributed by atoms with van der Waals surface area (Å²) in [5.74, 6) is -1.87. The molecule has 0 spiro atoms. The zero-order valence-electron chi connectivity index (χ0n) is 7.81. The minimum atomic E-state index is -0.827. The number of rotatable bonds is 3. The van der Waals surface area contributed by atoms with Gasteiger partial charge >= 0.3 is 0 Å². The third-order valence-corrected chi connectivity index (χ3v) is 1.92. The number of hydrogen-bond acceptors (Lipinski definition) is 2. The topological polar surface area (TPSA) is 43.1 Å². The molecule has 0 saturated carbocycles. The van der Waals surface area contributed by atoms with Gasteiger partial charge in [-0.3, -0.25) is 4.79 Å². The lowest BCUT2D eigenvalue weighted by molar-refractivity contribution is 0.0981. The second-order valence-electron chi connectivity index (χ2n) is 3.04. The van der Waals surface area contributed by atoms with Crippen molar-refractivity contribution in [3.63, 3.8) is 0 Å². The fourth-order valence-electron chi connectivity index (χ4n) is 1.14. The average Bonchev–Trinajstić information content (AvgIpc) is 2.11. The Labute approximate surface area is 80.7 Å². The van der Waals surface area contributed by atoms with E-state index in [1.54, 1.807) is 0 Å². The molecule has 4 heteroatoms. The van der Waals surface area contributed by atoms with E-state index < -0.39 is 17.4 Å². The van der Waals surface area contributed by atoms with Crippen LogP contribution in [0.5, 0.6) is 0 Å². The number of aryl methyl sites for hydroxylation is 1. The van der Waals surface area contributed by atoms with Gasteiger partial charge in [0.15, 0.2) is 5.78 Å². The van der Waals surface area contributed by atoms with Crippen molar-refractivity contribution in [2.24, 2.45) is 5.73 Å². The molecule has 0 atom stereocenters. The Morgan fingerprint density at radius 3 is 2.57 bits per heavy atom. The van der Waals surface area contributed by atoms with Crippen molar-refractivity contribution in [2.45, 2.75) is 13.3 Å². The van der Waals surface area contributed by atoms with Crippen molar-refractivity contribution in [2.75, 3.05) is 6.54 Å². The van der Waals surface area contributed by atoms with Crippen LogP contribution in [0.3, 0.4) is 0 Å². The highest BCUT2D eigenvalue weighted by atomic mass is 19.1. The molecule has 0 amide bonds. The molecule has 0 unspecified atom stereocenters. The Bertz CT molecular complexity index is 363. The van der Waals surface area contributed by atoms with Gasteiger partial charge in [-0.2, -0.15) is 0 Å². The summed E-state index contributed by atoms with van der Waals surface area (Å²) >= 11 is 0. The van der Waals surface area contributed by atoms with Crippen LogP contribution in [-0.4, -0.2) is 12.3 Å². The van der Waals surface area contributed by atoms with E-state index in [9.17, 15) is 13.6 Å². The second-order valence-corrected chi connectivity index (χ2v) is 3.04. The molecule has 0 heterocycles. The Morgan fingerprint density at radius 2 is 2.00 bits per heavy atom. The van der Waals surface area contributed by atoms with Crippen LogP contribution in [0.4, 0.5) is 8.78 Å². The predicted molar refractivity (Wildman–Crippen MR) is 49.1 cm³/mol. The maximum atomic E-state index is 13.1. The molecule has 1 aromatic carbocycles. The molecule has 0 fully saturated rings. The van der Waals surface area contributed by atoms with Gasteiger partial charge < -0.3 is 5.73 Å². The summed E-state index contributed by atoms with van der Waals surface area (Å²) in [4.78, 5) is 11.3. The van der Waals surface area contributed by atoms with Gasteiger partial charge in [0.1, 0.15) is 11.6 Å². The van der Waals surface area contributed by atoms with E-state index in [1.165, 1.54) is 13.0 Å². The molecular weight excluding hydrogens is 188 g/mol. The number of halogens is 2. The first-order valence-corrected chi connectivity index (χ1v) is 4.25. The molecule has 1 rings (SSSR count). The molecule has 2 N–H and O–H groups in total. The number of Topliss-reactive ketones (excluding diaryl/α,β-unsaturated/α-hetero) is 1. The van der Waals surface area contributed by atoms with Crippen LogP contribution in [0.1, 0.15) is 22.3 Å². The number of nitrogens with two attached hydrogens (primary N) is 1. The molecule has 2 nitrogen and oxygen atoms in total. The molecule has 0 aliphatic heterocycles. The minimum absolute atomic E-state index is 0.0714. The number of ketones is 1. The fraction of sp³-hybridized carbons (Fsp3) is 0.300. The van der Waals surface area contributed by atoms with Gasteiger partial charge in [-0.25, -0.2) is 8.78 Å². The van der Waals surface area contributed by atoms with Crippen LogP contribution in [0.15, 0.2) is 12.1 Å². The van der Waals surface area contributed by atoms with Crippen molar-refractivity contribution in [1.82, 2.24) is 0 Å². The standard InChI is InChI=1S/C10H11F2NO/c1-6-4-7(10(14)2-3-13)9(12)5-8(6)11/h4-5H,2-3,13H2,1H3. The van der Waals surface area contributed by atoms with Crippen molar-refractivity contribution in [3.8, 4) is 0 Å². The lowest BCUT2D eigenvalue weighted by atomic mass is 10.0. The molecule has 0 radical (unpaired) electrons. The first-order chi connectivity index (χ1) is 6.56. The summed E-state index contributed by atoms with van der Waals surface area (Å²) in [6, 6.07) is 1.93. The Kier molecular flexibility index (Phi) is 3.30. The smallest absolute Gasteiger partial charge is 0.167 e. The van der Waals surface area contributed by atoms with E-state index in [2.05, 4.69) is 0 Å². The first kappa shape index (κ1) is 10.8. The molecular formula is C10H11F2NO. The fourth-order valence-corrected chi connectivity index (χ4v) is 1.14. The van der Waals surface area contributed by atoms with Gasteiger partial charge in [0, 0.05) is 12.5 Å². The van der Waals surface area contributed by atoms with Crippen LogP contribution < -0.4 is 5.73 Å². The maximum absolute atomic E-state index is 13.1. The van der Waals surface area contributed by atoms with Gasteiger partial charge in [0.2, 0.25) is 0 Å². The molecule has 0 bridgehead atoms. The summed E-state index contributed by atoms with van der Waals surface area (Å²) < 4.78 is 25.9. The quantitative estimate of drug-likeness (QED) is 0.754. The van der Waals surface area contributed by atoms with E-state index in [4.69, 9.17) is 5.73 Å². The molecule has 76 valence electrons. The van der Waals surface area contributed by atoms with Crippen molar-refractivity contribution >= 4 is 5.78 Å². The lowest BCUT2D eigenvalue weighted by Crippen LogP contribution is -2.10. The third-order valence-electron chi connectivity index (χ3n) is 1.92. The summed E-state index contributed by atoms with van der Waals surface area (Å²) in [5, 5.41) is 0. The highest BCUT2D eigenvalue weighted by molar-refractivity contribution is 5.96. The van der Waals surface area contributed by atoms with Crippen LogP contribution in [0.2, 0.25) is 0 Å². The number of benzene rings is 1. The number of hydrogen-bond donors (Lipinski definition) is 1. The molecule has 0 aromatic heterocycles. The number of carbonyl (C=O) groups excluding carboxylic acids is 1. The summed E-state index contributed by atoms with van der Waals surface area (Å²) in [7, 11) is 0. The minimum Gasteiger partial charge on any atom is -0.330 e. The highest BCUT2D eigenvalue weighted by Crippen LogP contribution is 2.15. The molecule has 0 saturated heterocycles. The van der Waals surface area contributed by atoms with Gasteiger partial charge in [-0.1, -0.05) is 0 Å². The lowest BCUT2D eigenvalue weighted by Gasteiger charge is -2.03. The number of carbonyl (C=O) groups is 1. The van der Waals surface area contributed by atoms with Crippen molar-refractivity contribution < 1.29 is 13.6 Å². The summed E-state index contributed by atoms with van der Waals surface area (Å²) in [6.07, 6.45) is 0.0714. The van der Waals surface area contributed by atoms with Crippen molar-refractivity contribution in [3.05, 3.63) is 34.9 Å². The van der Waals surface area contributed by atoms with Gasteiger partial charge in [0.25, 0.3) is 0 Å². The largest absolute Gasteiger partial charge is 0.330 e. The predicted octanol–water partition coefficient (Wildman–Crippen LogP) is 1.80. The van der Waals surface area contributed by atoms with Crippen LogP contribution in [-0.2, 0) is 0 Å². The summed E-state index contributed by atoms with van der Waals surface area (Å²) in [5.41, 5.74) is 5.34. The second kappa shape index (κ2) is 4.28. The molecule has 1 aromatic rings. The molecule has 0 aliphatic carbocycles. The van der Waals surface area contributed by atoms with Crippen LogP contribution in [0, 0.1) is 18.6 Å². The van der Waals surface area contributed by atoms with E-state index in [0.717, 1.165) is 6.07 Å². The van der Waals surface area contributed by atoms with E-state index in [0.29, 0.717) is 0 Å². The van der Waals surface area contributed by atoms with E-state index in [1.807, 2.05) is 0 Å². The molecule has 14 heavy (non-hydrogen) atoms. The highest BCUT2D eigenvalue weighted by Gasteiger charge is 2.13. The van der Waals surface area contributed by atoms with Crippen LogP contribution in [0.25, 0.3) is 0 Å². The normalized spacial score (nSPS) is 10.3. The Hall–Kier alpha value is -1.29. The van der Waals surface area contributed by atoms with E-state index >= 15 is 0 Å². The van der Waals surface area contributed by atoms with E-state index in [-0.39, 0.29) is 24.1 Å². The van der Waals surface area contributed by atoms with Crippen LogP contribution >= 0.6 is 0 Å². The Morgan fingerprint density at radius 1 is 1.36 bits per heavy atom. The zero-order valence-corrected chi connectivity index (χ0v) is 7.81. The monoisotopic (exact) mass is 199 g/mol. The molecule has 0 aliphatic rings.